The van der Waals surface area contributed by atoms with Crippen LogP contribution in [0.1, 0.15) is 43.2 Å². The monoisotopic (exact) mass is 389 g/mol. The van der Waals surface area contributed by atoms with Crippen LogP contribution in [0, 0.1) is 6.92 Å². The molecular formula is C21H31N3O2S. The van der Waals surface area contributed by atoms with Gasteiger partial charge in [-0.1, -0.05) is 38.1 Å². The Morgan fingerprint density at radius 1 is 1.11 bits per heavy atom. The van der Waals surface area contributed by atoms with E-state index in [1.165, 1.54) is 11.1 Å². The number of amides is 2. The van der Waals surface area contributed by atoms with Gasteiger partial charge >= 0.3 is 0 Å². The smallest absolute Gasteiger partial charge is 0.236 e. The van der Waals surface area contributed by atoms with E-state index in [1.54, 1.807) is 11.8 Å². The van der Waals surface area contributed by atoms with Crippen LogP contribution in [0.4, 0.5) is 0 Å². The minimum absolute atomic E-state index is 0.0635. The van der Waals surface area contributed by atoms with Gasteiger partial charge in [0.15, 0.2) is 0 Å². The maximum Gasteiger partial charge on any atom is 0.236 e. The number of thioether (sulfide) groups is 1. The molecule has 2 amide bonds. The van der Waals surface area contributed by atoms with Crippen LogP contribution in [0.25, 0.3) is 0 Å². The van der Waals surface area contributed by atoms with Gasteiger partial charge in [-0.2, -0.15) is 0 Å². The molecule has 0 aliphatic carbocycles. The summed E-state index contributed by atoms with van der Waals surface area (Å²) in [7, 11) is 0. The number of rotatable bonds is 6. The predicted molar refractivity (Wildman–Crippen MR) is 111 cm³/mol. The van der Waals surface area contributed by atoms with Crippen molar-refractivity contribution in [3.05, 3.63) is 35.4 Å². The van der Waals surface area contributed by atoms with E-state index in [9.17, 15) is 9.59 Å². The molecule has 6 heteroatoms. The summed E-state index contributed by atoms with van der Waals surface area (Å²) in [5, 5.41) is 0.181. The number of piperazine rings is 1. The predicted octanol–water partition coefficient (Wildman–Crippen LogP) is 2.90. The fraction of sp³-hybridized carbons (Fsp3) is 0.619. The number of hydrogen-bond acceptors (Lipinski definition) is 4. The molecule has 3 rings (SSSR count). The Bertz CT molecular complexity index is 673. The van der Waals surface area contributed by atoms with E-state index in [4.69, 9.17) is 0 Å². The quantitative estimate of drug-likeness (QED) is 0.750. The topological polar surface area (TPSA) is 43.9 Å². The van der Waals surface area contributed by atoms with Crippen LogP contribution >= 0.6 is 11.8 Å². The Balaban J connectivity index is 1.63. The van der Waals surface area contributed by atoms with Crippen molar-refractivity contribution in [3.8, 4) is 0 Å². The van der Waals surface area contributed by atoms with Gasteiger partial charge in [-0.3, -0.25) is 14.5 Å². The molecule has 0 N–H and O–H groups in total. The van der Waals surface area contributed by atoms with Gasteiger partial charge in [-0.15, -0.1) is 11.8 Å². The van der Waals surface area contributed by atoms with Crippen molar-refractivity contribution in [1.82, 2.24) is 14.7 Å². The summed E-state index contributed by atoms with van der Waals surface area (Å²) < 4.78 is 0. The highest BCUT2D eigenvalue weighted by molar-refractivity contribution is 8.01. The lowest BCUT2D eigenvalue weighted by Gasteiger charge is -2.36. The van der Waals surface area contributed by atoms with Gasteiger partial charge in [0.25, 0.3) is 0 Å². The molecule has 148 valence electrons. The molecule has 0 aromatic heterocycles. The fourth-order valence-electron chi connectivity index (χ4n) is 3.88. The number of benzene rings is 1. The molecule has 27 heavy (non-hydrogen) atoms. The van der Waals surface area contributed by atoms with Gasteiger partial charge < -0.3 is 9.80 Å². The first-order valence-corrected chi connectivity index (χ1v) is 11.0. The molecule has 2 aliphatic heterocycles. The molecule has 0 spiro atoms. The van der Waals surface area contributed by atoms with Gasteiger partial charge in [0.05, 0.1) is 5.25 Å². The summed E-state index contributed by atoms with van der Waals surface area (Å²) in [6.07, 6.45) is 1.45. The first kappa shape index (κ1) is 20.2. The summed E-state index contributed by atoms with van der Waals surface area (Å²) in [6, 6.07) is 8.40. The molecule has 0 saturated carbocycles. The summed E-state index contributed by atoms with van der Waals surface area (Å²) in [5.74, 6) is 0.515. The highest BCUT2D eigenvalue weighted by Crippen LogP contribution is 2.44. The number of aryl methyl sites for hydroxylation is 1. The van der Waals surface area contributed by atoms with E-state index in [1.807, 2.05) is 11.8 Å². The normalized spacial score (nSPS) is 23.9. The molecule has 0 radical (unpaired) electrons. The van der Waals surface area contributed by atoms with Crippen molar-refractivity contribution in [2.75, 3.05) is 39.3 Å². The Morgan fingerprint density at radius 2 is 1.81 bits per heavy atom. The third kappa shape index (κ3) is 4.49. The maximum atomic E-state index is 12.9. The van der Waals surface area contributed by atoms with Crippen LogP contribution in [0.5, 0.6) is 0 Å². The molecule has 5 nitrogen and oxygen atoms in total. The summed E-state index contributed by atoms with van der Waals surface area (Å²) in [5.41, 5.74) is 2.50. The van der Waals surface area contributed by atoms with Crippen molar-refractivity contribution < 1.29 is 9.59 Å². The van der Waals surface area contributed by atoms with Crippen molar-refractivity contribution in [2.45, 2.75) is 44.2 Å². The minimum atomic E-state index is 0.0635. The molecule has 1 aromatic carbocycles. The Labute approximate surface area is 167 Å². The van der Waals surface area contributed by atoms with Gasteiger partial charge in [0.1, 0.15) is 5.37 Å². The number of hydrogen-bond donors (Lipinski definition) is 0. The Kier molecular flexibility index (Phi) is 6.82. The lowest BCUT2D eigenvalue weighted by molar-refractivity contribution is -0.132. The zero-order valence-corrected chi connectivity index (χ0v) is 17.5. The summed E-state index contributed by atoms with van der Waals surface area (Å²) in [6.45, 7) is 11.2. The van der Waals surface area contributed by atoms with Gasteiger partial charge in [-0.05, 0) is 24.5 Å². The number of carbonyl (C=O) groups is 2. The lowest BCUT2D eigenvalue weighted by atomic mass is 10.1. The fourth-order valence-corrected chi connectivity index (χ4v) is 5.41. The second-order valence-corrected chi connectivity index (χ2v) is 8.64. The lowest BCUT2D eigenvalue weighted by Crippen LogP contribution is -2.50. The first-order chi connectivity index (χ1) is 13.0. The first-order valence-electron chi connectivity index (χ1n) is 10.1. The van der Waals surface area contributed by atoms with E-state index in [0.717, 1.165) is 45.7 Å². The average Bonchev–Trinajstić information content (AvgIpc) is 3.02. The average molecular weight is 390 g/mol. The zero-order chi connectivity index (χ0) is 19.4. The van der Waals surface area contributed by atoms with Gasteiger partial charge in [0.2, 0.25) is 11.8 Å². The summed E-state index contributed by atoms with van der Waals surface area (Å²) in [4.78, 5) is 31.2. The maximum absolute atomic E-state index is 12.9. The molecule has 0 unspecified atom stereocenters. The van der Waals surface area contributed by atoms with Crippen molar-refractivity contribution in [1.29, 1.82) is 0 Å². The van der Waals surface area contributed by atoms with Crippen molar-refractivity contribution >= 4 is 23.6 Å². The second-order valence-electron chi connectivity index (χ2n) is 7.35. The van der Waals surface area contributed by atoms with Crippen LogP contribution in [0.2, 0.25) is 0 Å². The van der Waals surface area contributed by atoms with Crippen LogP contribution in [0.15, 0.2) is 24.3 Å². The number of carbonyl (C=O) groups excluding carboxylic acids is 2. The van der Waals surface area contributed by atoms with Gasteiger partial charge in [-0.25, -0.2) is 0 Å². The largest absolute Gasteiger partial charge is 0.340 e. The third-order valence-electron chi connectivity index (χ3n) is 5.64. The second kappa shape index (κ2) is 9.11. The van der Waals surface area contributed by atoms with Crippen molar-refractivity contribution in [3.63, 3.8) is 0 Å². The molecule has 2 saturated heterocycles. The van der Waals surface area contributed by atoms with E-state index in [0.29, 0.717) is 6.42 Å². The molecular weight excluding hydrogens is 358 g/mol. The highest BCUT2D eigenvalue weighted by Gasteiger charge is 2.40. The summed E-state index contributed by atoms with van der Waals surface area (Å²) >= 11 is 1.79. The van der Waals surface area contributed by atoms with Crippen LogP contribution in [0.3, 0.4) is 0 Å². The Morgan fingerprint density at radius 3 is 2.44 bits per heavy atom. The third-order valence-corrected chi connectivity index (χ3v) is 7.27. The molecule has 2 aliphatic rings. The molecule has 2 heterocycles. The van der Waals surface area contributed by atoms with E-state index in [2.05, 4.69) is 47.9 Å². The van der Waals surface area contributed by atoms with E-state index in [-0.39, 0.29) is 22.4 Å². The molecule has 1 aromatic rings. The van der Waals surface area contributed by atoms with Crippen LogP contribution < -0.4 is 0 Å². The van der Waals surface area contributed by atoms with E-state index < -0.39 is 0 Å². The standard InChI is InChI=1S/C21H31N3O2S/c1-4-18-20(26)24(21(27-18)17-9-7-6-8-16(17)3)15-12-22-10-13-23(14-11-22)19(25)5-2/h6-9,18,21H,4-5,10-15H2,1-3H3/t18-,21-/m0/s1. The SMILES string of the molecule is CCC(=O)N1CCN(CCN2C(=O)[C@H](CC)S[C@H]2c2ccccc2C)CC1. The zero-order valence-electron chi connectivity index (χ0n) is 16.7. The van der Waals surface area contributed by atoms with Crippen LogP contribution in [-0.4, -0.2) is 71.0 Å². The highest BCUT2D eigenvalue weighted by atomic mass is 32.2. The Hall–Kier alpha value is -1.53. The van der Waals surface area contributed by atoms with Crippen LogP contribution in [-0.2, 0) is 9.59 Å². The number of nitrogens with zero attached hydrogens (tertiary/aromatic N) is 3. The van der Waals surface area contributed by atoms with Gasteiger partial charge in [0, 0.05) is 45.7 Å². The van der Waals surface area contributed by atoms with Crippen molar-refractivity contribution in [2.24, 2.45) is 0 Å². The molecule has 0 bridgehead atoms. The molecule has 2 atom stereocenters. The van der Waals surface area contributed by atoms with E-state index >= 15 is 0 Å². The molecule has 2 fully saturated rings. The minimum Gasteiger partial charge on any atom is -0.340 e.